The number of carbonyl (C=O) groups is 1. The Morgan fingerprint density at radius 1 is 1.37 bits per heavy atom. The molecule has 0 unspecified atom stereocenters. The summed E-state index contributed by atoms with van der Waals surface area (Å²) in [5.41, 5.74) is 0.746. The van der Waals surface area contributed by atoms with Crippen molar-refractivity contribution in [2.75, 3.05) is 24.7 Å². The van der Waals surface area contributed by atoms with Crippen molar-refractivity contribution in [3.63, 3.8) is 0 Å². The Bertz CT molecular complexity index is 939. The second kappa shape index (κ2) is 8.75. The zero-order chi connectivity index (χ0) is 19.4. The third-order valence-corrected chi connectivity index (χ3v) is 4.72. The van der Waals surface area contributed by atoms with Crippen LogP contribution in [0.15, 0.2) is 32.6 Å². The summed E-state index contributed by atoms with van der Waals surface area (Å²) in [5, 5.41) is 12.2. The van der Waals surface area contributed by atoms with Gasteiger partial charge in [-0.25, -0.2) is 14.6 Å². The van der Waals surface area contributed by atoms with E-state index in [1.54, 1.807) is 23.0 Å². The maximum Gasteiger partial charge on any atom is 0.287 e. The van der Waals surface area contributed by atoms with Gasteiger partial charge in [0.2, 0.25) is 0 Å². The molecule has 144 valence electrons. The summed E-state index contributed by atoms with van der Waals surface area (Å²) in [7, 11) is 0. The van der Waals surface area contributed by atoms with Crippen LogP contribution in [0, 0.1) is 5.92 Å². The summed E-state index contributed by atoms with van der Waals surface area (Å²) in [6, 6.07) is 3.30. The molecule has 3 aromatic rings. The fourth-order valence-electron chi connectivity index (χ4n) is 2.42. The minimum absolute atomic E-state index is 0.263. The molecular formula is C17H21BrN6O2S. The van der Waals surface area contributed by atoms with Crippen molar-refractivity contribution in [3.8, 4) is 0 Å². The van der Waals surface area contributed by atoms with Crippen LogP contribution in [0.2, 0.25) is 0 Å². The van der Waals surface area contributed by atoms with E-state index in [9.17, 15) is 4.79 Å². The number of hydrogen-bond acceptors (Lipinski definition) is 7. The van der Waals surface area contributed by atoms with Crippen molar-refractivity contribution in [3.05, 3.63) is 28.8 Å². The first kappa shape index (κ1) is 19.7. The lowest BCUT2D eigenvalue weighted by molar-refractivity contribution is 0.0923. The third-order valence-electron chi connectivity index (χ3n) is 3.74. The molecule has 3 aromatic heterocycles. The molecular weight excluding hydrogens is 432 g/mol. The molecule has 27 heavy (non-hydrogen) atoms. The van der Waals surface area contributed by atoms with Gasteiger partial charge in [-0.1, -0.05) is 25.6 Å². The van der Waals surface area contributed by atoms with Crippen LogP contribution in [-0.2, 0) is 6.54 Å². The number of aromatic nitrogens is 4. The van der Waals surface area contributed by atoms with Gasteiger partial charge in [0.05, 0.1) is 18.1 Å². The van der Waals surface area contributed by atoms with Crippen LogP contribution in [0.25, 0.3) is 11.0 Å². The Labute approximate surface area is 169 Å². The molecule has 8 nitrogen and oxygen atoms in total. The lowest BCUT2D eigenvalue weighted by atomic mass is 10.2. The number of nitrogens with zero attached hydrogens (tertiary/aromatic N) is 4. The van der Waals surface area contributed by atoms with E-state index in [2.05, 4.69) is 55.5 Å². The molecule has 0 spiro atoms. The molecule has 1 amide bonds. The average Bonchev–Trinajstić information content (AvgIpc) is 3.26. The second-order valence-electron chi connectivity index (χ2n) is 6.30. The van der Waals surface area contributed by atoms with E-state index in [1.165, 1.54) is 11.8 Å². The van der Waals surface area contributed by atoms with E-state index >= 15 is 0 Å². The van der Waals surface area contributed by atoms with Crippen molar-refractivity contribution in [2.45, 2.75) is 25.5 Å². The highest BCUT2D eigenvalue weighted by atomic mass is 79.9. The molecule has 0 fully saturated rings. The number of thioether (sulfide) groups is 1. The Morgan fingerprint density at radius 2 is 2.19 bits per heavy atom. The standard InChI is InChI=1S/C17H21BrN6O2S/c1-10(2)8-20-14-11-9-21-24(15(11)23-17(22-14)27-3)7-6-19-16(25)12-4-5-13(18)26-12/h4-5,9-10H,6-8H2,1-3H3,(H,19,25)(H,20,22,23). The molecule has 0 radical (unpaired) electrons. The maximum absolute atomic E-state index is 12.1. The molecule has 0 bridgehead atoms. The lowest BCUT2D eigenvalue weighted by Gasteiger charge is -2.10. The third kappa shape index (κ3) is 4.81. The van der Waals surface area contributed by atoms with Gasteiger partial charge in [0.15, 0.2) is 21.2 Å². The number of rotatable bonds is 8. The largest absolute Gasteiger partial charge is 0.444 e. The predicted octanol–water partition coefficient (Wildman–Crippen LogP) is 3.40. The van der Waals surface area contributed by atoms with Crippen LogP contribution in [0.1, 0.15) is 24.4 Å². The van der Waals surface area contributed by atoms with Gasteiger partial charge < -0.3 is 15.1 Å². The molecule has 2 N–H and O–H groups in total. The molecule has 0 aliphatic heterocycles. The van der Waals surface area contributed by atoms with Crippen LogP contribution in [-0.4, -0.2) is 45.0 Å². The normalized spacial score (nSPS) is 11.3. The van der Waals surface area contributed by atoms with Gasteiger partial charge in [0.25, 0.3) is 5.91 Å². The van der Waals surface area contributed by atoms with E-state index in [0.717, 1.165) is 23.4 Å². The zero-order valence-corrected chi connectivity index (χ0v) is 17.7. The van der Waals surface area contributed by atoms with Crippen molar-refractivity contribution < 1.29 is 9.21 Å². The quantitative estimate of drug-likeness (QED) is 0.399. The minimum atomic E-state index is -0.268. The zero-order valence-electron chi connectivity index (χ0n) is 15.3. The Balaban J connectivity index is 1.72. The molecule has 0 aliphatic rings. The van der Waals surface area contributed by atoms with Gasteiger partial charge in [0, 0.05) is 13.1 Å². The molecule has 0 saturated carbocycles. The number of anilines is 1. The van der Waals surface area contributed by atoms with Gasteiger partial charge in [-0.2, -0.15) is 5.10 Å². The molecule has 0 aliphatic carbocycles. The number of carbonyl (C=O) groups excluding carboxylic acids is 1. The van der Waals surface area contributed by atoms with Gasteiger partial charge >= 0.3 is 0 Å². The number of nitrogens with one attached hydrogen (secondary N) is 2. The fraction of sp³-hybridized carbons (Fsp3) is 0.412. The highest BCUT2D eigenvalue weighted by Gasteiger charge is 2.14. The van der Waals surface area contributed by atoms with Crippen LogP contribution in [0.4, 0.5) is 5.82 Å². The van der Waals surface area contributed by atoms with Crippen LogP contribution in [0.3, 0.4) is 0 Å². The molecule has 10 heteroatoms. The summed E-state index contributed by atoms with van der Waals surface area (Å²) >= 11 is 4.67. The minimum Gasteiger partial charge on any atom is -0.444 e. The van der Waals surface area contributed by atoms with E-state index < -0.39 is 0 Å². The molecule has 3 rings (SSSR count). The first-order chi connectivity index (χ1) is 13.0. The number of hydrogen-bond donors (Lipinski definition) is 2. The monoisotopic (exact) mass is 452 g/mol. The number of amides is 1. The summed E-state index contributed by atoms with van der Waals surface area (Å²) in [6.45, 7) is 6.00. The van der Waals surface area contributed by atoms with E-state index in [4.69, 9.17) is 4.42 Å². The van der Waals surface area contributed by atoms with E-state index in [1.807, 2.05) is 6.26 Å². The van der Waals surface area contributed by atoms with Crippen molar-refractivity contribution in [1.29, 1.82) is 0 Å². The van der Waals surface area contributed by atoms with Gasteiger partial charge in [-0.05, 0) is 40.2 Å². The smallest absolute Gasteiger partial charge is 0.287 e. The highest BCUT2D eigenvalue weighted by Crippen LogP contribution is 2.23. The summed E-state index contributed by atoms with van der Waals surface area (Å²) in [6.07, 6.45) is 3.70. The highest BCUT2D eigenvalue weighted by molar-refractivity contribution is 9.10. The van der Waals surface area contributed by atoms with Crippen LogP contribution >= 0.6 is 27.7 Å². The summed E-state index contributed by atoms with van der Waals surface area (Å²) in [4.78, 5) is 21.2. The number of fused-ring (bicyclic) bond motifs is 1. The van der Waals surface area contributed by atoms with Gasteiger partial charge in [-0.15, -0.1) is 0 Å². The van der Waals surface area contributed by atoms with Crippen molar-refractivity contribution in [1.82, 2.24) is 25.1 Å². The fourth-order valence-corrected chi connectivity index (χ4v) is 3.09. The first-order valence-corrected chi connectivity index (χ1v) is 10.5. The molecule has 0 saturated heterocycles. The summed E-state index contributed by atoms with van der Waals surface area (Å²) < 4.78 is 7.54. The number of halogens is 1. The average molecular weight is 453 g/mol. The topological polar surface area (TPSA) is 97.9 Å². The Kier molecular flexibility index (Phi) is 6.38. The van der Waals surface area contributed by atoms with Crippen LogP contribution in [0.5, 0.6) is 0 Å². The molecule has 0 atom stereocenters. The van der Waals surface area contributed by atoms with Gasteiger partial charge in [0.1, 0.15) is 5.82 Å². The maximum atomic E-state index is 12.1. The molecule has 3 heterocycles. The lowest BCUT2D eigenvalue weighted by Crippen LogP contribution is -2.27. The van der Waals surface area contributed by atoms with Crippen molar-refractivity contribution >= 4 is 50.5 Å². The Hall–Kier alpha value is -2.07. The van der Waals surface area contributed by atoms with E-state index in [0.29, 0.717) is 28.8 Å². The SMILES string of the molecule is CSc1nc(NCC(C)C)c2cnn(CCNC(=O)c3ccc(Br)o3)c2n1. The van der Waals surface area contributed by atoms with Crippen LogP contribution < -0.4 is 10.6 Å². The van der Waals surface area contributed by atoms with Gasteiger partial charge in [-0.3, -0.25) is 4.79 Å². The molecule has 0 aromatic carbocycles. The summed E-state index contributed by atoms with van der Waals surface area (Å²) in [5.74, 6) is 1.28. The Morgan fingerprint density at radius 3 is 2.85 bits per heavy atom. The van der Waals surface area contributed by atoms with E-state index in [-0.39, 0.29) is 11.7 Å². The van der Waals surface area contributed by atoms with Crippen molar-refractivity contribution in [2.24, 2.45) is 5.92 Å². The first-order valence-electron chi connectivity index (χ1n) is 8.53. The number of furan rings is 1. The predicted molar refractivity (Wildman–Crippen MR) is 109 cm³/mol. The second-order valence-corrected chi connectivity index (χ2v) is 7.85.